The van der Waals surface area contributed by atoms with Crippen LogP contribution in [-0.2, 0) is 13.1 Å². The topological polar surface area (TPSA) is 48.0 Å². The summed E-state index contributed by atoms with van der Waals surface area (Å²) in [5, 5.41) is 2.01. The van der Waals surface area contributed by atoms with Crippen LogP contribution in [0.1, 0.15) is 27.7 Å². The third-order valence-electron chi connectivity index (χ3n) is 4.48. The van der Waals surface area contributed by atoms with Gasteiger partial charge in [-0.05, 0) is 42.6 Å². The van der Waals surface area contributed by atoms with Crippen molar-refractivity contribution in [2.45, 2.75) is 20.0 Å². The summed E-state index contributed by atoms with van der Waals surface area (Å²) >= 11 is 1.63. The number of rotatable bonds is 9. The number of carbonyl (C=O) groups is 1. The van der Waals surface area contributed by atoms with Crippen molar-refractivity contribution in [1.29, 1.82) is 0 Å². The molecule has 1 amide bonds. The summed E-state index contributed by atoms with van der Waals surface area (Å²) in [4.78, 5) is 16.3. The van der Waals surface area contributed by atoms with E-state index < -0.39 is 0 Å². The molecule has 1 aromatic heterocycles. The quantitative estimate of drug-likeness (QED) is 0.497. The van der Waals surface area contributed by atoms with E-state index in [1.165, 1.54) is 0 Å². The molecular weight excluding hydrogens is 386 g/mol. The highest BCUT2D eigenvalue weighted by Gasteiger charge is 2.20. The van der Waals surface area contributed by atoms with Crippen LogP contribution in [0.2, 0.25) is 0 Å². The number of benzene rings is 2. The molecule has 3 aromatic rings. The van der Waals surface area contributed by atoms with E-state index in [-0.39, 0.29) is 5.91 Å². The molecular formula is C23H25NO4S. The van der Waals surface area contributed by atoms with Crippen LogP contribution in [-0.4, -0.2) is 31.6 Å². The van der Waals surface area contributed by atoms with E-state index in [2.05, 4.69) is 0 Å². The Morgan fingerprint density at radius 3 is 2.41 bits per heavy atom. The summed E-state index contributed by atoms with van der Waals surface area (Å²) in [7, 11) is 3.21. The molecule has 3 rings (SSSR count). The molecule has 0 aliphatic rings. The van der Waals surface area contributed by atoms with Crippen LogP contribution in [0, 0.1) is 0 Å². The van der Waals surface area contributed by atoms with Crippen molar-refractivity contribution in [3.8, 4) is 17.2 Å². The van der Waals surface area contributed by atoms with Gasteiger partial charge < -0.3 is 19.1 Å². The van der Waals surface area contributed by atoms with Crippen molar-refractivity contribution in [3.05, 3.63) is 76.0 Å². The van der Waals surface area contributed by atoms with Crippen LogP contribution in [0.3, 0.4) is 0 Å². The zero-order chi connectivity index (χ0) is 20.6. The summed E-state index contributed by atoms with van der Waals surface area (Å²) in [6.45, 7) is 3.40. The van der Waals surface area contributed by atoms with E-state index in [1.807, 2.05) is 53.6 Å². The normalized spacial score (nSPS) is 10.4. The van der Waals surface area contributed by atoms with Gasteiger partial charge in [0.15, 0.2) is 11.5 Å². The fourth-order valence-electron chi connectivity index (χ4n) is 3.09. The van der Waals surface area contributed by atoms with Gasteiger partial charge in [-0.3, -0.25) is 4.79 Å². The van der Waals surface area contributed by atoms with Crippen LogP contribution < -0.4 is 14.2 Å². The Morgan fingerprint density at radius 1 is 0.931 bits per heavy atom. The zero-order valence-corrected chi connectivity index (χ0v) is 17.7. The highest BCUT2D eigenvalue weighted by molar-refractivity contribution is 7.09. The lowest BCUT2D eigenvalue weighted by molar-refractivity contribution is 0.0730. The zero-order valence-electron chi connectivity index (χ0n) is 16.9. The average molecular weight is 412 g/mol. The second kappa shape index (κ2) is 9.98. The summed E-state index contributed by atoms with van der Waals surface area (Å²) in [6.07, 6.45) is 0. The second-order valence-electron chi connectivity index (χ2n) is 6.35. The van der Waals surface area contributed by atoms with Crippen molar-refractivity contribution < 1.29 is 19.0 Å². The van der Waals surface area contributed by atoms with Crippen molar-refractivity contribution in [3.63, 3.8) is 0 Å². The maximum absolute atomic E-state index is 13.4. The van der Waals surface area contributed by atoms with Crippen molar-refractivity contribution in [2.24, 2.45) is 0 Å². The first-order valence-electron chi connectivity index (χ1n) is 9.40. The number of hydrogen-bond acceptors (Lipinski definition) is 5. The summed E-state index contributed by atoms with van der Waals surface area (Å²) in [5.74, 6) is 1.86. The SMILES string of the molecule is CCOc1ccc(C(=O)N(Cc2cccs2)Cc2ccccc2OC)cc1OC. The smallest absolute Gasteiger partial charge is 0.254 e. The van der Waals surface area contributed by atoms with Crippen LogP contribution in [0.25, 0.3) is 0 Å². The van der Waals surface area contributed by atoms with Gasteiger partial charge in [0.2, 0.25) is 0 Å². The average Bonchev–Trinajstić information content (AvgIpc) is 3.27. The standard InChI is InChI=1S/C23H25NO4S/c1-4-28-21-12-11-17(14-22(21)27-3)23(25)24(16-19-9-7-13-29-19)15-18-8-5-6-10-20(18)26-2/h5-14H,4,15-16H2,1-3H3. The molecule has 5 nitrogen and oxygen atoms in total. The molecule has 1 heterocycles. The van der Waals surface area contributed by atoms with Gasteiger partial charge in [-0.15, -0.1) is 11.3 Å². The third-order valence-corrected chi connectivity index (χ3v) is 5.34. The lowest BCUT2D eigenvalue weighted by Crippen LogP contribution is -2.30. The predicted octanol–water partition coefficient (Wildman–Crippen LogP) is 5.01. The molecule has 0 bridgehead atoms. The molecule has 0 fully saturated rings. The van der Waals surface area contributed by atoms with Gasteiger partial charge in [0.1, 0.15) is 5.75 Å². The van der Waals surface area contributed by atoms with Crippen LogP contribution in [0.5, 0.6) is 17.2 Å². The summed E-state index contributed by atoms with van der Waals surface area (Å²) in [5.41, 5.74) is 1.51. The molecule has 0 aliphatic carbocycles. The lowest BCUT2D eigenvalue weighted by atomic mass is 10.1. The van der Waals surface area contributed by atoms with Crippen molar-refractivity contribution >= 4 is 17.2 Å². The largest absolute Gasteiger partial charge is 0.496 e. The van der Waals surface area contributed by atoms with Gasteiger partial charge in [-0.1, -0.05) is 24.3 Å². The Balaban J connectivity index is 1.91. The molecule has 0 radical (unpaired) electrons. The first-order chi connectivity index (χ1) is 14.2. The first-order valence-corrected chi connectivity index (χ1v) is 10.3. The van der Waals surface area contributed by atoms with Gasteiger partial charge in [-0.2, -0.15) is 0 Å². The van der Waals surface area contributed by atoms with E-state index >= 15 is 0 Å². The summed E-state index contributed by atoms with van der Waals surface area (Å²) < 4.78 is 16.5. The van der Waals surface area contributed by atoms with E-state index in [0.717, 1.165) is 16.2 Å². The number of thiophene rings is 1. The summed E-state index contributed by atoms with van der Waals surface area (Å²) in [6, 6.07) is 17.1. The van der Waals surface area contributed by atoms with Crippen LogP contribution in [0.15, 0.2) is 60.0 Å². The lowest BCUT2D eigenvalue weighted by Gasteiger charge is -2.24. The van der Waals surface area contributed by atoms with Gasteiger partial charge in [0.25, 0.3) is 5.91 Å². The molecule has 6 heteroatoms. The minimum absolute atomic E-state index is 0.0781. The fourth-order valence-corrected chi connectivity index (χ4v) is 3.81. The molecule has 0 atom stereocenters. The molecule has 0 unspecified atom stereocenters. The second-order valence-corrected chi connectivity index (χ2v) is 7.38. The number of carbonyl (C=O) groups excluding carboxylic acids is 1. The maximum Gasteiger partial charge on any atom is 0.254 e. The highest BCUT2D eigenvalue weighted by Crippen LogP contribution is 2.30. The van der Waals surface area contributed by atoms with E-state index in [0.29, 0.717) is 36.8 Å². The Hall–Kier alpha value is -2.99. The molecule has 0 saturated carbocycles. The van der Waals surface area contributed by atoms with Crippen molar-refractivity contribution in [1.82, 2.24) is 4.90 Å². The highest BCUT2D eigenvalue weighted by atomic mass is 32.1. The Bertz CT molecular complexity index is 940. The predicted molar refractivity (Wildman–Crippen MR) is 115 cm³/mol. The molecule has 2 aromatic carbocycles. The van der Waals surface area contributed by atoms with E-state index in [1.54, 1.807) is 43.8 Å². The number of para-hydroxylation sites is 1. The number of methoxy groups -OCH3 is 2. The van der Waals surface area contributed by atoms with E-state index in [9.17, 15) is 4.79 Å². The van der Waals surface area contributed by atoms with Gasteiger partial charge >= 0.3 is 0 Å². The molecule has 152 valence electrons. The number of amides is 1. The molecule has 0 N–H and O–H groups in total. The Kier molecular flexibility index (Phi) is 7.14. The van der Waals surface area contributed by atoms with Gasteiger partial charge in [0.05, 0.1) is 33.9 Å². The minimum Gasteiger partial charge on any atom is -0.496 e. The number of nitrogens with zero attached hydrogens (tertiary/aromatic N) is 1. The first kappa shape index (κ1) is 20.7. The third kappa shape index (κ3) is 5.09. The molecule has 0 spiro atoms. The van der Waals surface area contributed by atoms with Gasteiger partial charge in [0, 0.05) is 16.0 Å². The minimum atomic E-state index is -0.0781. The van der Waals surface area contributed by atoms with Crippen LogP contribution in [0.4, 0.5) is 0 Å². The maximum atomic E-state index is 13.4. The van der Waals surface area contributed by atoms with Crippen LogP contribution >= 0.6 is 11.3 Å². The van der Waals surface area contributed by atoms with Crippen molar-refractivity contribution in [2.75, 3.05) is 20.8 Å². The molecule has 29 heavy (non-hydrogen) atoms. The van der Waals surface area contributed by atoms with Gasteiger partial charge in [-0.25, -0.2) is 0 Å². The molecule has 0 aliphatic heterocycles. The monoisotopic (exact) mass is 411 g/mol. The Labute approximate surface area is 175 Å². The Morgan fingerprint density at radius 2 is 1.72 bits per heavy atom. The number of hydrogen-bond donors (Lipinski definition) is 0. The van der Waals surface area contributed by atoms with E-state index in [4.69, 9.17) is 14.2 Å². The number of ether oxygens (including phenoxy) is 3. The molecule has 0 saturated heterocycles. The fraction of sp³-hybridized carbons (Fsp3) is 0.261.